The van der Waals surface area contributed by atoms with Crippen LogP contribution in [0.3, 0.4) is 0 Å². The average Bonchev–Trinajstić information content (AvgIpc) is 2.27. The second-order valence-electron chi connectivity index (χ2n) is 5.13. The fourth-order valence-corrected chi connectivity index (χ4v) is 2.41. The van der Waals surface area contributed by atoms with Gasteiger partial charge in [0.25, 0.3) is 0 Å². The van der Waals surface area contributed by atoms with Crippen molar-refractivity contribution in [3.05, 3.63) is 0 Å². The Kier molecular flexibility index (Phi) is 7.01. The molecule has 96 valence electrons. The van der Waals surface area contributed by atoms with Gasteiger partial charge in [-0.1, -0.05) is 6.92 Å². The number of piperidine rings is 1. The van der Waals surface area contributed by atoms with Crippen molar-refractivity contribution in [2.75, 3.05) is 32.7 Å². The smallest absolute Gasteiger partial charge is 0.0524 e. The summed E-state index contributed by atoms with van der Waals surface area (Å²) >= 11 is 0. The molecule has 0 saturated carbocycles. The number of hydrogen-bond acceptors (Lipinski definition) is 3. The quantitative estimate of drug-likeness (QED) is 0.692. The van der Waals surface area contributed by atoms with E-state index < -0.39 is 0 Å². The zero-order valence-electron chi connectivity index (χ0n) is 10.9. The summed E-state index contributed by atoms with van der Waals surface area (Å²) < 4.78 is 0. The first-order chi connectivity index (χ1) is 7.72. The Balaban J connectivity index is 2.25. The van der Waals surface area contributed by atoms with Crippen LogP contribution in [0.2, 0.25) is 0 Å². The summed E-state index contributed by atoms with van der Waals surface area (Å²) in [7, 11) is 0. The standard InChI is InChI=1S/C13H28N2O/c1-3-9-15(10-6-12(2)16)11-13-4-7-14-8-5-13/h12-14,16H,3-11H2,1-2H3. The highest BCUT2D eigenvalue weighted by atomic mass is 16.3. The van der Waals surface area contributed by atoms with Gasteiger partial charge < -0.3 is 15.3 Å². The fraction of sp³-hybridized carbons (Fsp3) is 1.00. The molecule has 1 rings (SSSR count). The minimum absolute atomic E-state index is 0.160. The van der Waals surface area contributed by atoms with Crippen LogP contribution in [-0.4, -0.2) is 48.8 Å². The van der Waals surface area contributed by atoms with Crippen molar-refractivity contribution in [3.63, 3.8) is 0 Å². The van der Waals surface area contributed by atoms with E-state index in [0.29, 0.717) is 0 Å². The van der Waals surface area contributed by atoms with E-state index in [1.807, 2.05) is 6.92 Å². The van der Waals surface area contributed by atoms with Gasteiger partial charge in [0.15, 0.2) is 0 Å². The molecule has 0 bridgehead atoms. The molecular weight excluding hydrogens is 200 g/mol. The fourth-order valence-electron chi connectivity index (χ4n) is 2.41. The van der Waals surface area contributed by atoms with Crippen molar-refractivity contribution in [1.29, 1.82) is 0 Å². The van der Waals surface area contributed by atoms with E-state index in [2.05, 4.69) is 17.1 Å². The Morgan fingerprint density at radius 1 is 1.31 bits per heavy atom. The van der Waals surface area contributed by atoms with Crippen LogP contribution in [0, 0.1) is 5.92 Å². The molecule has 1 aliphatic heterocycles. The summed E-state index contributed by atoms with van der Waals surface area (Å²) in [6.45, 7) is 9.93. The number of aliphatic hydroxyl groups is 1. The summed E-state index contributed by atoms with van der Waals surface area (Å²) in [5, 5.41) is 12.8. The first-order valence-corrected chi connectivity index (χ1v) is 6.83. The zero-order valence-corrected chi connectivity index (χ0v) is 10.9. The minimum atomic E-state index is -0.160. The van der Waals surface area contributed by atoms with Crippen LogP contribution in [0.15, 0.2) is 0 Å². The largest absolute Gasteiger partial charge is 0.393 e. The predicted octanol–water partition coefficient (Wildman–Crippen LogP) is 1.47. The van der Waals surface area contributed by atoms with Crippen molar-refractivity contribution in [1.82, 2.24) is 10.2 Å². The Bertz CT molecular complexity index is 167. The highest BCUT2D eigenvalue weighted by Gasteiger charge is 2.16. The molecule has 1 unspecified atom stereocenters. The summed E-state index contributed by atoms with van der Waals surface area (Å²) in [5.74, 6) is 0.863. The predicted molar refractivity (Wildman–Crippen MR) is 68.6 cm³/mol. The molecule has 16 heavy (non-hydrogen) atoms. The summed E-state index contributed by atoms with van der Waals surface area (Å²) in [6, 6.07) is 0. The van der Waals surface area contributed by atoms with E-state index >= 15 is 0 Å². The summed E-state index contributed by atoms with van der Waals surface area (Å²) in [6.07, 6.45) is 4.59. The van der Waals surface area contributed by atoms with E-state index in [1.54, 1.807) is 0 Å². The van der Waals surface area contributed by atoms with Gasteiger partial charge in [0.05, 0.1) is 6.10 Å². The van der Waals surface area contributed by atoms with Gasteiger partial charge >= 0.3 is 0 Å². The normalized spacial score (nSPS) is 20.2. The van der Waals surface area contributed by atoms with E-state index in [0.717, 1.165) is 18.9 Å². The van der Waals surface area contributed by atoms with Gasteiger partial charge in [0, 0.05) is 13.1 Å². The molecule has 0 aromatic carbocycles. The molecular formula is C13H28N2O. The molecule has 0 aromatic heterocycles. The number of nitrogens with one attached hydrogen (secondary N) is 1. The maximum absolute atomic E-state index is 9.34. The van der Waals surface area contributed by atoms with Gasteiger partial charge in [-0.3, -0.25) is 0 Å². The lowest BCUT2D eigenvalue weighted by Gasteiger charge is -2.30. The SMILES string of the molecule is CCCN(CCC(C)O)CC1CCNCC1. The molecule has 3 nitrogen and oxygen atoms in total. The van der Waals surface area contributed by atoms with Crippen molar-refractivity contribution in [2.24, 2.45) is 5.92 Å². The van der Waals surface area contributed by atoms with Crippen molar-refractivity contribution in [2.45, 2.75) is 45.6 Å². The lowest BCUT2D eigenvalue weighted by molar-refractivity contribution is 0.142. The maximum atomic E-state index is 9.34. The van der Waals surface area contributed by atoms with Gasteiger partial charge in [0.1, 0.15) is 0 Å². The van der Waals surface area contributed by atoms with Crippen molar-refractivity contribution >= 4 is 0 Å². The van der Waals surface area contributed by atoms with Gasteiger partial charge in [0.2, 0.25) is 0 Å². The topological polar surface area (TPSA) is 35.5 Å². The Hall–Kier alpha value is -0.120. The minimum Gasteiger partial charge on any atom is -0.393 e. The van der Waals surface area contributed by atoms with E-state index in [9.17, 15) is 5.11 Å². The molecule has 0 aliphatic carbocycles. The number of aliphatic hydroxyl groups excluding tert-OH is 1. The molecule has 1 fully saturated rings. The second kappa shape index (κ2) is 8.04. The third kappa shape index (κ3) is 5.83. The molecule has 0 amide bonds. The van der Waals surface area contributed by atoms with Crippen LogP contribution in [0.25, 0.3) is 0 Å². The Morgan fingerprint density at radius 3 is 2.56 bits per heavy atom. The molecule has 3 heteroatoms. The van der Waals surface area contributed by atoms with Gasteiger partial charge in [-0.15, -0.1) is 0 Å². The lowest BCUT2D eigenvalue weighted by Crippen LogP contribution is -2.37. The van der Waals surface area contributed by atoms with Crippen LogP contribution in [0.4, 0.5) is 0 Å². The number of hydrogen-bond donors (Lipinski definition) is 2. The van der Waals surface area contributed by atoms with Crippen LogP contribution in [0.5, 0.6) is 0 Å². The Labute approximate surface area is 100 Å². The molecule has 1 aliphatic rings. The third-order valence-corrected chi connectivity index (χ3v) is 3.38. The van der Waals surface area contributed by atoms with E-state index in [1.165, 1.54) is 45.4 Å². The van der Waals surface area contributed by atoms with Gasteiger partial charge in [-0.2, -0.15) is 0 Å². The van der Waals surface area contributed by atoms with Crippen LogP contribution < -0.4 is 5.32 Å². The number of rotatable bonds is 7. The summed E-state index contributed by atoms with van der Waals surface area (Å²) in [5.41, 5.74) is 0. The number of nitrogens with zero attached hydrogens (tertiary/aromatic N) is 1. The molecule has 0 spiro atoms. The lowest BCUT2D eigenvalue weighted by atomic mass is 9.97. The van der Waals surface area contributed by atoms with Crippen LogP contribution in [0.1, 0.15) is 39.5 Å². The summed E-state index contributed by atoms with van der Waals surface area (Å²) in [4.78, 5) is 2.53. The second-order valence-corrected chi connectivity index (χ2v) is 5.13. The molecule has 2 N–H and O–H groups in total. The third-order valence-electron chi connectivity index (χ3n) is 3.38. The first-order valence-electron chi connectivity index (χ1n) is 6.83. The maximum Gasteiger partial charge on any atom is 0.0524 e. The first kappa shape index (κ1) is 13.9. The van der Waals surface area contributed by atoms with Crippen LogP contribution >= 0.6 is 0 Å². The van der Waals surface area contributed by atoms with Crippen molar-refractivity contribution in [3.8, 4) is 0 Å². The molecule has 0 aromatic rings. The van der Waals surface area contributed by atoms with E-state index in [4.69, 9.17) is 0 Å². The Morgan fingerprint density at radius 2 is 2.00 bits per heavy atom. The molecule has 1 heterocycles. The van der Waals surface area contributed by atoms with Crippen molar-refractivity contribution < 1.29 is 5.11 Å². The molecule has 0 radical (unpaired) electrons. The van der Waals surface area contributed by atoms with E-state index in [-0.39, 0.29) is 6.10 Å². The van der Waals surface area contributed by atoms with Crippen LogP contribution in [-0.2, 0) is 0 Å². The van der Waals surface area contributed by atoms with Gasteiger partial charge in [-0.05, 0) is 58.2 Å². The highest BCUT2D eigenvalue weighted by Crippen LogP contribution is 2.14. The molecule has 1 saturated heterocycles. The average molecular weight is 228 g/mol. The monoisotopic (exact) mass is 228 g/mol. The van der Waals surface area contributed by atoms with Gasteiger partial charge in [-0.25, -0.2) is 0 Å². The highest BCUT2D eigenvalue weighted by molar-refractivity contribution is 4.72. The molecule has 1 atom stereocenters. The zero-order chi connectivity index (χ0) is 11.8.